The molecule has 3 N–H and O–H groups in total. The summed E-state index contributed by atoms with van der Waals surface area (Å²) in [5, 5.41) is 3.06. The SMILES string of the molecule is C.C/C=C/C(C)=C/C=C/C(C)=C/C=C/C=C(C)/C=C/C=C(C)/C=C/C1=C(C)CCCC1(C)C.COc1cc(OC)cc(-c2c3nc(c(-c4cc(OC)cc(OC)c4)c4ccc([nH]4)c(-c4cc(OC)cc(OC)c4)c4nc(c(-c5ccc(NC(=O)c6ccc(C)cc6)cc5)c5ccc2[nH]5)C=C4)C=C3)c1. The summed E-state index contributed by atoms with van der Waals surface area (Å²) in [5.74, 6) is 3.55. The van der Waals surface area contributed by atoms with Crippen molar-refractivity contribution in [2.24, 2.45) is 5.41 Å². The Morgan fingerprint density at radius 3 is 1.18 bits per heavy atom. The van der Waals surface area contributed by atoms with Crippen molar-refractivity contribution in [1.29, 1.82) is 0 Å². The average Bonchev–Trinajstić information content (AvgIpc) is 1.63. The number of aryl methyl sites for hydroxylation is 1. The van der Waals surface area contributed by atoms with E-state index in [0.29, 0.717) is 73.9 Å². The van der Waals surface area contributed by atoms with Gasteiger partial charge >= 0.3 is 0 Å². The van der Waals surface area contributed by atoms with E-state index in [0.717, 1.165) is 72.1 Å². The van der Waals surface area contributed by atoms with Crippen LogP contribution in [0.4, 0.5) is 5.69 Å². The van der Waals surface area contributed by atoms with Crippen LogP contribution in [0.15, 0.2) is 246 Å². The van der Waals surface area contributed by atoms with E-state index in [2.05, 4.69) is 173 Å². The first kappa shape index (κ1) is 75.6. The number of hydrogen-bond acceptors (Lipinski definition) is 9. The van der Waals surface area contributed by atoms with Gasteiger partial charge in [0.2, 0.25) is 0 Å². The minimum Gasteiger partial charge on any atom is -0.497 e. The van der Waals surface area contributed by atoms with E-state index >= 15 is 0 Å². The van der Waals surface area contributed by atoms with E-state index in [9.17, 15) is 4.79 Å². The van der Waals surface area contributed by atoms with Crippen molar-refractivity contribution in [3.05, 3.63) is 280 Å². The summed E-state index contributed by atoms with van der Waals surface area (Å²) >= 11 is 0. The van der Waals surface area contributed by atoms with Crippen LogP contribution in [-0.2, 0) is 0 Å². The molecule has 1 amide bonds. The van der Waals surface area contributed by atoms with Crippen molar-refractivity contribution in [2.75, 3.05) is 48.0 Å². The standard InChI is InChI=1S/C58H49N5O7.C32H44.CH4/c1-33-8-10-35(11-9-33)58(64)59-39-14-12-34(13-15-39)54-46-16-18-48(60-46)55(36-24-40(65-2)30-41(25-36)66-3)50-20-22-52(62-50)57(38-28-44(69-6)32-45(29-38)70-7)53-23-21-51(63-53)56(49-19-17-47(54)61-49)37-26-42(67-4)31-43(27-37)68-5;1-9-15-26(2)18-12-19-27(3)16-10-11-17-28(4)20-13-21-29(5)23-24-31-30(6)22-14-25-32(31,7)8;/h8-32,60,63H,1-7H3,(H,59,64);9-13,15-21,23-24H,14,22,25H2,1-8H3;1H4/b;11-10+,15-9+,19-12+,20-13+,24-23+,26-18+,27-16+,28-17+,29-21+;. The largest absolute Gasteiger partial charge is 0.497 e. The summed E-state index contributed by atoms with van der Waals surface area (Å²) in [5.41, 5.74) is 23.2. The maximum absolute atomic E-state index is 13.3. The van der Waals surface area contributed by atoms with Gasteiger partial charge in [-0.25, -0.2) is 9.97 Å². The number of ether oxygens (including phenoxy) is 6. The second-order valence-electron chi connectivity index (χ2n) is 26.2. The van der Waals surface area contributed by atoms with Gasteiger partial charge in [0, 0.05) is 73.8 Å². The third kappa shape index (κ3) is 19.1. The Morgan fingerprint density at radius 2 is 0.816 bits per heavy atom. The molecule has 5 aromatic carbocycles. The second-order valence-corrected chi connectivity index (χ2v) is 26.2. The third-order valence-corrected chi connectivity index (χ3v) is 18.2. The number of aromatic amines is 2. The number of fused-ring (bicyclic) bond motifs is 8. The first-order valence-electron chi connectivity index (χ1n) is 34.4. The normalized spacial score (nSPS) is 14.0. The van der Waals surface area contributed by atoms with Crippen LogP contribution >= 0.6 is 0 Å². The van der Waals surface area contributed by atoms with Crippen LogP contribution in [0.1, 0.15) is 121 Å². The first-order chi connectivity index (χ1) is 49.3. The van der Waals surface area contributed by atoms with Gasteiger partial charge in [-0.2, -0.15) is 0 Å². The van der Waals surface area contributed by atoms with Crippen LogP contribution in [0.3, 0.4) is 0 Å². The molecule has 103 heavy (non-hydrogen) atoms. The van der Waals surface area contributed by atoms with Crippen LogP contribution in [0.25, 0.3) is 90.9 Å². The van der Waals surface area contributed by atoms with Crippen molar-refractivity contribution in [3.63, 3.8) is 0 Å². The first-order valence-corrected chi connectivity index (χ1v) is 34.4. The van der Waals surface area contributed by atoms with E-state index in [1.807, 2.05) is 141 Å². The number of carbonyl (C=O) groups excluding carboxylic acids is 1. The lowest BCUT2D eigenvalue weighted by Gasteiger charge is -2.32. The second kappa shape index (κ2) is 35.1. The van der Waals surface area contributed by atoms with Gasteiger partial charge in [-0.05, 0) is 210 Å². The third-order valence-electron chi connectivity index (χ3n) is 18.2. The van der Waals surface area contributed by atoms with Crippen molar-refractivity contribution >= 4 is 58.0 Å². The number of hydrogen-bond donors (Lipinski definition) is 3. The molecule has 8 bridgehead atoms. The fourth-order valence-corrected chi connectivity index (χ4v) is 12.7. The summed E-state index contributed by atoms with van der Waals surface area (Å²) in [7, 11) is 9.82. The molecule has 5 heterocycles. The number of aromatic nitrogens is 4. The molecule has 2 aliphatic heterocycles. The van der Waals surface area contributed by atoms with E-state index in [-0.39, 0.29) is 13.3 Å². The highest BCUT2D eigenvalue weighted by molar-refractivity contribution is 6.05. The maximum Gasteiger partial charge on any atom is 0.255 e. The maximum atomic E-state index is 13.3. The van der Waals surface area contributed by atoms with Crippen molar-refractivity contribution in [2.45, 2.75) is 89.0 Å². The zero-order valence-corrected chi connectivity index (χ0v) is 61.4. The molecule has 8 aromatic rings. The predicted octanol–water partition coefficient (Wildman–Crippen LogP) is 23.7. The lowest BCUT2D eigenvalue weighted by Crippen LogP contribution is -2.19. The average molecular weight is 1370 g/mol. The molecule has 0 saturated carbocycles. The van der Waals surface area contributed by atoms with E-state index in [1.54, 1.807) is 48.2 Å². The summed E-state index contributed by atoms with van der Waals surface area (Å²) in [6.45, 7) is 19.6. The van der Waals surface area contributed by atoms with E-state index in [1.165, 1.54) is 47.1 Å². The lowest BCUT2D eigenvalue weighted by atomic mass is 9.72. The molecule has 528 valence electrons. The Labute approximate surface area is 609 Å². The highest BCUT2D eigenvalue weighted by Crippen LogP contribution is 2.44. The minimum absolute atomic E-state index is 0. The summed E-state index contributed by atoms with van der Waals surface area (Å²) < 4.78 is 34.8. The van der Waals surface area contributed by atoms with Crippen molar-refractivity contribution < 1.29 is 33.2 Å². The quantitative estimate of drug-likeness (QED) is 0.0600. The van der Waals surface area contributed by atoms with E-state index in [4.69, 9.17) is 38.4 Å². The summed E-state index contributed by atoms with van der Waals surface area (Å²) in [6.07, 6.45) is 41.9. The van der Waals surface area contributed by atoms with Crippen LogP contribution in [0.2, 0.25) is 0 Å². The Bertz CT molecular complexity index is 4870. The lowest BCUT2D eigenvalue weighted by molar-refractivity contribution is 0.102. The van der Waals surface area contributed by atoms with Crippen LogP contribution in [-0.4, -0.2) is 68.5 Å². The fourth-order valence-electron chi connectivity index (χ4n) is 12.7. The van der Waals surface area contributed by atoms with Gasteiger partial charge in [0.25, 0.3) is 5.91 Å². The van der Waals surface area contributed by atoms with Crippen LogP contribution in [0.5, 0.6) is 34.5 Å². The number of H-pyrrole nitrogens is 2. The molecule has 11 rings (SSSR count). The molecule has 12 nitrogen and oxygen atoms in total. The number of methoxy groups -OCH3 is 6. The number of nitrogens with one attached hydrogen (secondary N) is 3. The van der Waals surface area contributed by atoms with Crippen molar-refractivity contribution in [1.82, 2.24) is 19.9 Å². The predicted molar refractivity (Wildman–Crippen MR) is 433 cm³/mol. The number of allylic oxidation sites excluding steroid dienone is 20. The smallest absolute Gasteiger partial charge is 0.255 e. The van der Waals surface area contributed by atoms with Crippen LogP contribution < -0.4 is 33.7 Å². The summed E-state index contributed by atoms with van der Waals surface area (Å²) in [6, 6.07) is 40.9. The Morgan fingerprint density at radius 1 is 0.456 bits per heavy atom. The molecule has 0 atom stereocenters. The molecular weight excluding hydrogens is 1280 g/mol. The van der Waals surface area contributed by atoms with E-state index < -0.39 is 0 Å². The molecule has 12 heteroatoms. The molecular formula is C91H97N5O7. The number of carbonyl (C=O) groups is 1. The highest BCUT2D eigenvalue weighted by Gasteiger charge is 2.27. The zero-order chi connectivity index (χ0) is 72.5. The molecule has 1 aliphatic carbocycles. The topological polar surface area (TPSA) is 142 Å². The fraction of sp³-hybridized carbons (Fsp3) is 0.220. The molecule has 0 saturated heterocycles. The number of nitrogens with zero attached hydrogens (tertiary/aromatic N) is 2. The molecule has 3 aromatic heterocycles. The number of amides is 1. The zero-order valence-electron chi connectivity index (χ0n) is 61.4. The van der Waals surface area contributed by atoms with Crippen molar-refractivity contribution in [3.8, 4) is 79.0 Å². The molecule has 0 unspecified atom stereocenters. The Hall–Kier alpha value is -11.6. The number of anilines is 1. The van der Waals surface area contributed by atoms with Crippen LogP contribution in [0, 0.1) is 12.3 Å². The summed E-state index contributed by atoms with van der Waals surface area (Å²) in [4.78, 5) is 31.8. The minimum atomic E-state index is -0.194. The van der Waals surface area contributed by atoms with Gasteiger partial charge in [-0.1, -0.05) is 164 Å². The monoisotopic (exact) mass is 1370 g/mol. The van der Waals surface area contributed by atoms with Gasteiger partial charge in [-0.3, -0.25) is 4.79 Å². The highest BCUT2D eigenvalue weighted by atomic mass is 16.5. The van der Waals surface area contributed by atoms with Gasteiger partial charge in [-0.15, -0.1) is 0 Å². The molecule has 0 fully saturated rings. The number of benzene rings is 5. The van der Waals surface area contributed by atoms with Gasteiger partial charge in [0.05, 0.1) is 65.4 Å². The van der Waals surface area contributed by atoms with Gasteiger partial charge in [0.1, 0.15) is 34.5 Å². The Kier molecular flexibility index (Phi) is 25.8. The van der Waals surface area contributed by atoms with Gasteiger partial charge < -0.3 is 43.7 Å². The molecule has 0 spiro atoms. The number of rotatable bonds is 21. The molecule has 3 aliphatic rings. The molecule has 0 radical (unpaired) electrons. The van der Waals surface area contributed by atoms with Gasteiger partial charge in [0.15, 0.2) is 0 Å². The Balaban J connectivity index is 0.000000316.